The van der Waals surface area contributed by atoms with E-state index < -0.39 is 6.72 Å². The summed E-state index contributed by atoms with van der Waals surface area (Å²) in [5, 5.41) is 0.619. The van der Waals surface area contributed by atoms with Crippen LogP contribution in [0.2, 0.25) is 15.2 Å². The minimum Gasteiger partial charge on any atom is -0.469 e. The minimum absolute atomic E-state index is 0.0306. The van der Waals surface area contributed by atoms with Gasteiger partial charge in [-0.1, -0.05) is 96.8 Å². The van der Waals surface area contributed by atoms with Crippen LogP contribution in [0, 0.1) is 17.3 Å². The summed E-state index contributed by atoms with van der Waals surface area (Å²) in [5.41, 5.74) is 2.73. The summed E-state index contributed by atoms with van der Waals surface area (Å²) in [6, 6.07) is 13.4. The average molecular weight is 719 g/mol. The Morgan fingerprint density at radius 1 is 1.14 bits per heavy atom. The molecule has 1 saturated heterocycles. The number of carbonyl (C=O) groups excluding carboxylic acids is 2. The summed E-state index contributed by atoms with van der Waals surface area (Å²) in [6.07, 6.45) is 5.17. The molecule has 2 atom stereocenters. The lowest BCUT2D eigenvalue weighted by Crippen LogP contribution is -2.10. The number of thioether (sulfide) groups is 1. The Kier molecular flexibility index (Phi) is 12.0. The lowest BCUT2D eigenvalue weighted by Gasteiger charge is -2.18. The molecular formula is C30H31Cl3NO7PS2. The van der Waals surface area contributed by atoms with Crippen molar-refractivity contribution in [2.45, 2.75) is 33.3 Å². The molecule has 2 fully saturated rings. The standard InChI is InChI=1S/C23H24O4S.C7H7Cl3NO3PS/c1-23(2)19(12-17-8-9-28-22(17)25)20(23)21(24)27-14-16-11-18(26-13-16)10-15-6-4-3-5-7-15;1-12-15(16,13-2)14-7-5(9)3-4(8)6(10)11-7/h3-7,11-13,19-20H,8-10,14H2,1-2H3;3H,1-2H3/b17-12+;/t19-,20-;/m1./s1. The highest BCUT2D eigenvalue weighted by atomic mass is 35.5. The van der Waals surface area contributed by atoms with Crippen molar-refractivity contribution in [1.82, 2.24) is 4.98 Å². The van der Waals surface area contributed by atoms with Crippen LogP contribution in [-0.2, 0) is 48.2 Å². The van der Waals surface area contributed by atoms with Gasteiger partial charge < -0.3 is 22.7 Å². The van der Waals surface area contributed by atoms with Crippen molar-refractivity contribution in [3.8, 4) is 5.88 Å². The fraction of sp³-hybridized carbons (Fsp3) is 0.367. The van der Waals surface area contributed by atoms with Crippen molar-refractivity contribution in [3.05, 3.63) is 92.5 Å². The first-order chi connectivity index (χ1) is 20.9. The van der Waals surface area contributed by atoms with Crippen molar-refractivity contribution >= 4 is 76.2 Å². The Bertz CT molecular complexity index is 1570. The molecule has 236 valence electrons. The van der Waals surface area contributed by atoms with E-state index in [-0.39, 0.29) is 56.0 Å². The molecule has 0 unspecified atom stereocenters. The van der Waals surface area contributed by atoms with Gasteiger partial charge in [-0.05, 0) is 35.4 Å². The van der Waals surface area contributed by atoms with Crippen molar-refractivity contribution in [3.63, 3.8) is 0 Å². The molecule has 0 spiro atoms. The first-order valence-corrected chi connectivity index (χ1v) is 18.1. The molecule has 2 aromatic heterocycles. The van der Waals surface area contributed by atoms with Gasteiger partial charge in [-0.25, -0.2) is 0 Å². The number of benzene rings is 1. The molecule has 0 amide bonds. The van der Waals surface area contributed by atoms with Gasteiger partial charge in [-0.15, -0.1) is 0 Å². The predicted molar refractivity (Wildman–Crippen MR) is 177 cm³/mol. The molecule has 0 N–H and O–H groups in total. The largest absolute Gasteiger partial charge is 0.469 e. The normalized spacial score (nSPS) is 19.8. The molecule has 8 nitrogen and oxygen atoms in total. The van der Waals surface area contributed by atoms with Gasteiger partial charge in [0, 0.05) is 49.3 Å². The smallest absolute Gasteiger partial charge is 0.381 e. The van der Waals surface area contributed by atoms with Gasteiger partial charge in [-0.3, -0.25) is 9.59 Å². The molecule has 0 radical (unpaired) electrons. The van der Waals surface area contributed by atoms with Gasteiger partial charge in [0.2, 0.25) is 11.0 Å². The summed E-state index contributed by atoms with van der Waals surface area (Å²) in [4.78, 5) is 28.3. The van der Waals surface area contributed by atoms with Gasteiger partial charge in [0.25, 0.3) is 0 Å². The van der Waals surface area contributed by atoms with Crippen molar-refractivity contribution in [2.75, 3.05) is 20.0 Å². The maximum absolute atomic E-state index is 12.6. The molecule has 1 aliphatic carbocycles. The van der Waals surface area contributed by atoms with Crippen LogP contribution in [0.1, 0.15) is 37.2 Å². The molecule has 3 aromatic rings. The van der Waals surface area contributed by atoms with E-state index in [4.69, 9.17) is 69.3 Å². The van der Waals surface area contributed by atoms with Crippen LogP contribution >= 0.6 is 53.3 Å². The zero-order valence-corrected chi connectivity index (χ0v) is 29.2. The monoisotopic (exact) mass is 717 g/mol. The molecule has 44 heavy (non-hydrogen) atoms. The van der Waals surface area contributed by atoms with Gasteiger partial charge in [0.05, 0.1) is 17.2 Å². The third kappa shape index (κ3) is 8.89. The Hall–Kier alpha value is -1.88. The van der Waals surface area contributed by atoms with Crippen LogP contribution in [0.5, 0.6) is 5.88 Å². The number of aromatic nitrogens is 1. The van der Waals surface area contributed by atoms with Gasteiger partial charge in [0.1, 0.15) is 17.4 Å². The van der Waals surface area contributed by atoms with E-state index in [1.807, 2.05) is 30.3 Å². The maximum Gasteiger partial charge on any atom is 0.381 e. The second-order valence-corrected chi connectivity index (χ2v) is 15.9. The van der Waals surface area contributed by atoms with Crippen molar-refractivity contribution in [2.24, 2.45) is 17.3 Å². The van der Waals surface area contributed by atoms with Crippen molar-refractivity contribution in [1.29, 1.82) is 0 Å². The zero-order chi connectivity index (χ0) is 32.1. The Labute approximate surface area is 281 Å². The first kappa shape index (κ1) is 35.0. The number of allylic oxidation sites excluding steroid dienone is 1. The number of rotatable bonds is 10. The quantitative estimate of drug-likeness (QED) is 0.0877. The van der Waals surface area contributed by atoms with E-state index in [2.05, 4.69) is 31.0 Å². The highest BCUT2D eigenvalue weighted by Gasteiger charge is 2.61. The van der Waals surface area contributed by atoms with E-state index in [0.717, 1.165) is 29.1 Å². The van der Waals surface area contributed by atoms with Crippen LogP contribution in [0.15, 0.2) is 64.8 Å². The molecule has 3 heterocycles. The number of furan rings is 1. The number of carbonyl (C=O) groups is 2. The van der Waals surface area contributed by atoms with Crippen LogP contribution in [0.4, 0.5) is 0 Å². The zero-order valence-electron chi connectivity index (χ0n) is 24.4. The lowest BCUT2D eigenvalue weighted by atomic mass is 10.1. The fourth-order valence-electron chi connectivity index (χ4n) is 4.64. The summed E-state index contributed by atoms with van der Waals surface area (Å²) < 4.78 is 26.3. The summed E-state index contributed by atoms with van der Waals surface area (Å²) in [5.74, 6) is 1.42. The Balaban J connectivity index is 0.000000236. The molecular weight excluding hydrogens is 688 g/mol. The van der Waals surface area contributed by atoms with E-state index in [1.165, 1.54) is 37.6 Å². The Morgan fingerprint density at radius 3 is 2.48 bits per heavy atom. The lowest BCUT2D eigenvalue weighted by molar-refractivity contribution is -0.147. The second kappa shape index (κ2) is 15.1. The molecule has 1 aliphatic heterocycles. The first-order valence-electron chi connectivity index (χ1n) is 13.4. The van der Waals surface area contributed by atoms with E-state index in [0.29, 0.717) is 6.42 Å². The summed E-state index contributed by atoms with van der Waals surface area (Å²) in [7, 11) is 2.74. The number of pyridine rings is 1. The van der Waals surface area contributed by atoms with E-state index in [9.17, 15) is 9.59 Å². The molecule has 5 rings (SSSR count). The number of esters is 1. The van der Waals surface area contributed by atoms with Crippen LogP contribution < -0.4 is 4.52 Å². The second-order valence-electron chi connectivity index (χ2n) is 10.5. The van der Waals surface area contributed by atoms with Crippen LogP contribution in [0.3, 0.4) is 0 Å². The molecule has 2 aliphatic rings. The number of ether oxygens (including phenoxy) is 1. The average Bonchev–Trinajstić information content (AvgIpc) is 3.32. The highest BCUT2D eigenvalue weighted by molar-refractivity contribution is 8.14. The minimum atomic E-state index is -2.88. The van der Waals surface area contributed by atoms with Crippen LogP contribution in [0.25, 0.3) is 0 Å². The molecule has 1 saturated carbocycles. The number of hydrogen-bond acceptors (Lipinski definition) is 10. The number of nitrogens with zero attached hydrogens (tertiary/aromatic N) is 1. The molecule has 0 bridgehead atoms. The Morgan fingerprint density at radius 2 is 1.84 bits per heavy atom. The third-order valence-electron chi connectivity index (χ3n) is 7.22. The SMILES string of the molecule is CC1(C)[C@H](/C=C2\CCSC2=O)[C@@H]1C(=O)OCc1coc(Cc2ccccc2)c1.COP(=S)(OC)Oc1nc(Cl)c(Cl)cc1Cl. The molecule has 1 aromatic carbocycles. The number of halogens is 3. The highest BCUT2D eigenvalue weighted by Crippen LogP contribution is 2.60. The van der Waals surface area contributed by atoms with Gasteiger partial charge in [-0.2, -0.15) is 4.98 Å². The van der Waals surface area contributed by atoms with Crippen LogP contribution in [-0.4, -0.2) is 36.0 Å². The topological polar surface area (TPSA) is 97.1 Å². The maximum atomic E-state index is 12.6. The summed E-state index contributed by atoms with van der Waals surface area (Å²) >= 11 is 23.6. The molecule has 14 heteroatoms. The fourth-order valence-corrected chi connectivity index (χ4v) is 6.94. The number of hydrogen-bond donors (Lipinski definition) is 0. The van der Waals surface area contributed by atoms with Crippen molar-refractivity contribution < 1.29 is 32.3 Å². The van der Waals surface area contributed by atoms with E-state index >= 15 is 0 Å². The third-order valence-corrected chi connectivity index (χ3v) is 11.5. The van der Waals surface area contributed by atoms with Gasteiger partial charge >= 0.3 is 12.7 Å². The summed E-state index contributed by atoms with van der Waals surface area (Å²) in [6.45, 7) is 1.45. The van der Waals surface area contributed by atoms with Gasteiger partial charge in [0.15, 0.2) is 5.15 Å². The predicted octanol–water partition coefficient (Wildman–Crippen LogP) is 8.71. The van der Waals surface area contributed by atoms with E-state index in [1.54, 1.807) is 6.26 Å².